The smallest absolute Gasteiger partial charge is 0.326 e. The van der Waals surface area contributed by atoms with E-state index < -0.39 is 30.0 Å². The van der Waals surface area contributed by atoms with E-state index in [0.29, 0.717) is 11.5 Å². The van der Waals surface area contributed by atoms with Crippen LogP contribution in [0.25, 0.3) is 0 Å². The molecule has 4 atom stereocenters. The number of nitrogens with one attached hydrogen (secondary N) is 2. The van der Waals surface area contributed by atoms with Gasteiger partial charge in [-0.05, 0) is 35.5 Å². The summed E-state index contributed by atoms with van der Waals surface area (Å²) in [5, 5.41) is 15.0. The summed E-state index contributed by atoms with van der Waals surface area (Å²) >= 11 is 5.67. The van der Waals surface area contributed by atoms with Crippen LogP contribution in [0.3, 0.4) is 0 Å². The van der Waals surface area contributed by atoms with E-state index >= 15 is 0 Å². The van der Waals surface area contributed by atoms with Gasteiger partial charge in [0.1, 0.15) is 18.1 Å². The lowest BCUT2D eigenvalue weighted by Crippen LogP contribution is -2.60. The van der Waals surface area contributed by atoms with Crippen molar-refractivity contribution in [3.63, 3.8) is 0 Å². The number of benzene rings is 1. The number of carboxylic acids is 1. The molecule has 1 heterocycles. The van der Waals surface area contributed by atoms with Gasteiger partial charge in [-0.3, -0.25) is 14.4 Å². The zero-order valence-corrected chi connectivity index (χ0v) is 21.8. The Morgan fingerprint density at radius 3 is 2.35 bits per heavy atom. The molecular weight excluding hydrogens is 474 g/mol. The molecule has 10 heteroatoms. The predicted molar refractivity (Wildman–Crippen MR) is 137 cm³/mol. The highest BCUT2D eigenvalue weighted by Crippen LogP contribution is 2.25. The maximum atomic E-state index is 13.7. The number of carbonyl (C=O) groups excluding carboxylic acids is 3. The summed E-state index contributed by atoms with van der Waals surface area (Å²) in [4.78, 5) is 52.7. The number of aliphatic carboxylic acids is 1. The predicted octanol–water partition coefficient (Wildman–Crippen LogP) is 1.97. The van der Waals surface area contributed by atoms with Crippen molar-refractivity contribution in [2.24, 2.45) is 11.8 Å². The molecule has 1 aromatic carbocycles. The van der Waals surface area contributed by atoms with Gasteiger partial charge in [0.25, 0.3) is 0 Å². The second-order valence-electron chi connectivity index (χ2n) is 8.95. The summed E-state index contributed by atoms with van der Waals surface area (Å²) in [5.74, 6) is -1.90. The molecule has 0 bridgehead atoms. The number of hydrogen-bond acceptors (Lipinski definition) is 6. The van der Waals surface area contributed by atoms with Gasteiger partial charge in [-0.15, -0.1) is 0 Å². The number of thiol groups is 1. The van der Waals surface area contributed by atoms with E-state index in [1.54, 1.807) is 6.92 Å². The van der Waals surface area contributed by atoms with Gasteiger partial charge in [0.05, 0.1) is 0 Å². The van der Waals surface area contributed by atoms with Gasteiger partial charge in [0.15, 0.2) is 0 Å². The first-order chi connectivity index (χ1) is 16.1. The number of rotatable bonds is 11. The standard InChI is InChI=1S/C24H35N3O5S2/c1-14(2)20(26-21(28)15(3)13-33)23(30)27-12-17-8-6-5-7-16(17)11-19(27)22(29)25-18(24(31)32)9-10-34-4/h5-8,14-15,18-20,33H,9-13H2,1-4H3,(H,25,29)(H,26,28)(H,31,32)/t15-,18-,19+,20-/m0/s1. The fraction of sp³-hybridized carbons (Fsp3) is 0.583. The monoisotopic (exact) mass is 509 g/mol. The van der Waals surface area contributed by atoms with E-state index in [2.05, 4.69) is 23.3 Å². The summed E-state index contributed by atoms with van der Waals surface area (Å²) < 4.78 is 0. The van der Waals surface area contributed by atoms with Crippen LogP contribution in [0, 0.1) is 11.8 Å². The second kappa shape index (κ2) is 13.0. The summed E-state index contributed by atoms with van der Waals surface area (Å²) in [6.45, 7) is 5.61. The van der Waals surface area contributed by atoms with Crippen LogP contribution in [0.2, 0.25) is 0 Å². The number of amides is 3. The van der Waals surface area contributed by atoms with E-state index in [1.807, 2.05) is 44.4 Å². The lowest BCUT2D eigenvalue weighted by molar-refractivity contribution is -0.147. The quantitative estimate of drug-likeness (QED) is 0.339. The highest BCUT2D eigenvalue weighted by Gasteiger charge is 2.40. The Labute approximate surface area is 211 Å². The molecule has 2 rings (SSSR count). The van der Waals surface area contributed by atoms with Gasteiger partial charge in [-0.2, -0.15) is 24.4 Å². The zero-order valence-electron chi connectivity index (χ0n) is 20.1. The molecule has 1 aromatic rings. The molecule has 0 saturated carbocycles. The van der Waals surface area contributed by atoms with Crippen LogP contribution in [-0.2, 0) is 32.1 Å². The summed E-state index contributed by atoms with van der Waals surface area (Å²) in [5.41, 5.74) is 1.87. The maximum Gasteiger partial charge on any atom is 0.326 e. The van der Waals surface area contributed by atoms with Gasteiger partial charge >= 0.3 is 5.97 Å². The first kappa shape index (κ1) is 28.0. The number of carboxylic acid groups (broad SMARTS) is 1. The van der Waals surface area contributed by atoms with Gasteiger partial charge in [-0.25, -0.2) is 4.79 Å². The minimum absolute atomic E-state index is 0.205. The van der Waals surface area contributed by atoms with Crippen molar-refractivity contribution >= 4 is 48.1 Å². The molecule has 188 valence electrons. The van der Waals surface area contributed by atoms with Crippen LogP contribution in [0.5, 0.6) is 0 Å². The minimum Gasteiger partial charge on any atom is -0.480 e. The topological polar surface area (TPSA) is 116 Å². The van der Waals surface area contributed by atoms with Crippen LogP contribution in [0.4, 0.5) is 0 Å². The average molecular weight is 510 g/mol. The van der Waals surface area contributed by atoms with Crippen LogP contribution >= 0.6 is 24.4 Å². The number of hydrogen-bond donors (Lipinski definition) is 4. The van der Waals surface area contributed by atoms with Crippen LogP contribution in [0.15, 0.2) is 24.3 Å². The Bertz CT molecular complexity index is 895. The van der Waals surface area contributed by atoms with Crippen LogP contribution in [-0.4, -0.2) is 69.6 Å². The third-order valence-electron chi connectivity index (χ3n) is 6.01. The number of nitrogens with zero attached hydrogens (tertiary/aromatic N) is 1. The number of thioether (sulfide) groups is 1. The van der Waals surface area contributed by atoms with Crippen molar-refractivity contribution in [3.8, 4) is 0 Å². The highest BCUT2D eigenvalue weighted by atomic mass is 32.2. The first-order valence-corrected chi connectivity index (χ1v) is 13.4. The summed E-state index contributed by atoms with van der Waals surface area (Å²) in [6.07, 6.45) is 2.42. The molecule has 0 aliphatic carbocycles. The molecule has 0 radical (unpaired) electrons. The molecule has 34 heavy (non-hydrogen) atoms. The van der Waals surface area contributed by atoms with Gasteiger partial charge < -0.3 is 20.6 Å². The molecule has 0 saturated heterocycles. The third-order valence-corrected chi connectivity index (χ3v) is 7.20. The Morgan fingerprint density at radius 2 is 1.79 bits per heavy atom. The maximum absolute atomic E-state index is 13.7. The Hall–Kier alpha value is -2.20. The fourth-order valence-corrected chi connectivity index (χ4v) is 4.46. The Morgan fingerprint density at radius 1 is 1.15 bits per heavy atom. The molecule has 0 unspecified atom stereocenters. The molecule has 0 aromatic heterocycles. The Balaban J connectivity index is 2.34. The molecule has 8 nitrogen and oxygen atoms in total. The van der Waals surface area contributed by atoms with Crippen molar-refractivity contribution < 1.29 is 24.3 Å². The molecule has 3 N–H and O–H groups in total. The van der Waals surface area contributed by atoms with Crippen molar-refractivity contribution in [2.45, 2.75) is 58.3 Å². The van der Waals surface area contributed by atoms with Gasteiger partial charge in [-0.1, -0.05) is 45.0 Å². The number of fused-ring (bicyclic) bond motifs is 1. The van der Waals surface area contributed by atoms with E-state index in [9.17, 15) is 24.3 Å². The van der Waals surface area contributed by atoms with E-state index in [0.717, 1.165) is 11.1 Å². The molecule has 3 amide bonds. The molecule has 0 spiro atoms. The fourth-order valence-electron chi connectivity index (χ4n) is 3.82. The zero-order chi connectivity index (χ0) is 25.4. The SMILES string of the molecule is CSCC[C@H](NC(=O)[C@H]1Cc2ccccc2CN1C(=O)[C@@H](NC(=O)[C@@H](C)CS)C(C)C)C(=O)O. The average Bonchev–Trinajstić information content (AvgIpc) is 2.82. The third kappa shape index (κ3) is 7.15. The summed E-state index contributed by atoms with van der Waals surface area (Å²) in [7, 11) is 0. The Kier molecular flexibility index (Phi) is 10.8. The lowest BCUT2D eigenvalue weighted by atomic mass is 9.91. The van der Waals surface area contributed by atoms with Crippen LogP contribution < -0.4 is 10.6 Å². The van der Waals surface area contributed by atoms with Crippen molar-refractivity contribution in [1.29, 1.82) is 0 Å². The molecular formula is C24H35N3O5S2. The highest BCUT2D eigenvalue weighted by molar-refractivity contribution is 7.98. The van der Waals surface area contributed by atoms with Gasteiger partial charge in [0, 0.05) is 24.6 Å². The van der Waals surface area contributed by atoms with Crippen molar-refractivity contribution in [1.82, 2.24) is 15.5 Å². The van der Waals surface area contributed by atoms with Crippen molar-refractivity contribution in [3.05, 3.63) is 35.4 Å². The van der Waals surface area contributed by atoms with E-state index in [-0.39, 0.29) is 43.0 Å². The second-order valence-corrected chi connectivity index (χ2v) is 10.3. The summed E-state index contributed by atoms with van der Waals surface area (Å²) in [6, 6.07) is 4.84. The van der Waals surface area contributed by atoms with Gasteiger partial charge in [0.2, 0.25) is 17.7 Å². The first-order valence-electron chi connectivity index (χ1n) is 11.4. The largest absolute Gasteiger partial charge is 0.480 e. The normalized spacial score (nSPS) is 17.9. The number of carbonyl (C=O) groups is 4. The lowest BCUT2D eigenvalue weighted by Gasteiger charge is -2.39. The molecule has 1 aliphatic rings. The molecule has 1 aliphatic heterocycles. The minimum atomic E-state index is -1.11. The molecule has 0 fully saturated rings. The van der Waals surface area contributed by atoms with Crippen molar-refractivity contribution in [2.75, 3.05) is 17.8 Å². The van der Waals surface area contributed by atoms with E-state index in [4.69, 9.17) is 0 Å². The van der Waals surface area contributed by atoms with E-state index in [1.165, 1.54) is 16.7 Å². The van der Waals surface area contributed by atoms with Crippen LogP contribution in [0.1, 0.15) is 38.3 Å².